The van der Waals surface area contributed by atoms with E-state index in [9.17, 15) is 4.79 Å². The molecule has 0 aromatic heterocycles. The first-order chi connectivity index (χ1) is 5.89. The highest BCUT2D eigenvalue weighted by molar-refractivity contribution is 6.57. The lowest BCUT2D eigenvalue weighted by Gasteiger charge is -2.17. The number of amides is 1. The van der Waals surface area contributed by atoms with E-state index in [0.717, 1.165) is 19.5 Å². The molecule has 1 N–H and O–H groups in total. The average molecular weight is 225 g/mol. The SMILES string of the molecule is CN1CCC(NC(=O)C(C)(Cl)Cl)C1. The van der Waals surface area contributed by atoms with Crippen LogP contribution in [0.2, 0.25) is 0 Å². The Kier molecular flexibility index (Phi) is 3.44. The van der Waals surface area contributed by atoms with Gasteiger partial charge in [0.15, 0.2) is 4.33 Å². The van der Waals surface area contributed by atoms with Gasteiger partial charge in [-0.25, -0.2) is 0 Å². The van der Waals surface area contributed by atoms with Crippen molar-refractivity contribution in [3.63, 3.8) is 0 Å². The van der Waals surface area contributed by atoms with E-state index >= 15 is 0 Å². The Bertz CT molecular complexity index is 203. The molecule has 5 heteroatoms. The molecule has 0 aromatic carbocycles. The van der Waals surface area contributed by atoms with Gasteiger partial charge in [0, 0.05) is 12.6 Å². The second kappa shape index (κ2) is 4.03. The monoisotopic (exact) mass is 224 g/mol. The highest BCUT2D eigenvalue weighted by Gasteiger charge is 2.30. The van der Waals surface area contributed by atoms with Crippen LogP contribution in [-0.4, -0.2) is 41.3 Å². The molecule has 1 heterocycles. The maximum Gasteiger partial charge on any atom is 0.256 e. The first-order valence-corrected chi connectivity index (χ1v) is 5.02. The molecule has 0 saturated carbocycles. The highest BCUT2D eigenvalue weighted by atomic mass is 35.5. The molecular weight excluding hydrogens is 211 g/mol. The van der Waals surface area contributed by atoms with Crippen LogP contribution in [0, 0.1) is 0 Å². The van der Waals surface area contributed by atoms with Crippen LogP contribution in [0.5, 0.6) is 0 Å². The van der Waals surface area contributed by atoms with Gasteiger partial charge in [-0.05, 0) is 26.9 Å². The normalized spacial score (nSPS) is 24.8. The third-order valence-electron chi connectivity index (χ3n) is 2.13. The van der Waals surface area contributed by atoms with Crippen molar-refractivity contribution in [2.75, 3.05) is 20.1 Å². The van der Waals surface area contributed by atoms with Gasteiger partial charge in [0.1, 0.15) is 0 Å². The summed E-state index contributed by atoms with van der Waals surface area (Å²) < 4.78 is -1.32. The Balaban J connectivity index is 2.37. The lowest BCUT2D eigenvalue weighted by atomic mass is 10.2. The average Bonchev–Trinajstić information content (AvgIpc) is 2.33. The molecule has 1 unspecified atom stereocenters. The number of rotatable bonds is 2. The summed E-state index contributed by atoms with van der Waals surface area (Å²) in [5, 5.41) is 2.80. The topological polar surface area (TPSA) is 32.3 Å². The molecule has 0 aliphatic carbocycles. The fourth-order valence-electron chi connectivity index (χ4n) is 1.36. The summed E-state index contributed by atoms with van der Waals surface area (Å²) in [6, 6.07) is 0.189. The summed E-state index contributed by atoms with van der Waals surface area (Å²) >= 11 is 11.3. The molecule has 0 bridgehead atoms. The Morgan fingerprint density at radius 2 is 2.23 bits per heavy atom. The van der Waals surface area contributed by atoms with Crippen molar-refractivity contribution in [1.82, 2.24) is 10.2 Å². The second-order valence-corrected chi connectivity index (χ2v) is 5.32. The quantitative estimate of drug-likeness (QED) is 0.711. The number of hydrogen-bond donors (Lipinski definition) is 1. The van der Waals surface area contributed by atoms with E-state index in [0.29, 0.717) is 0 Å². The zero-order valence-corrected chi connectivity index (χ0v) is 9.32. The van der Waals surface area contributed by atoms with Crippen LogP contribution in [0.25, 0.3) is 0 Å². The molecule has 13 heavy (non-hydrogen) atoms. The number of alkyl halides is 2. The minimum absolute atomic E-state index is 0.189. The van der Waals surface area contributed by atoms with Crippen LogP contribution in [-0.2, 0) is 4.79 Å². The third-order valence-corrected chi connectivity index (χ3v) is 2.47. The molecule has 0 aromatic rings. The van der Waals surface area contributed by atoms with Crippen molar-refractivity contribution in [3.05, 3.63) is 0 Å². The molecule has 76 valence electrons. The molecule has 1 fully saturated rings. The van der Waals surface area contributed by atoms with Crippen molar-refractivity contribution < 1.29 is 4.79 Å². The lowest BCUT2D eigenvalue weighted by molar-refractivity contribution is -0.122. The Morgan fingerprint density at radius 1 is 1.62 bits per heavy atom. The number of nitrogens with one attached hydrogen (secondary N) is 1. The summed E-state index contributed by atoms with van der Waals surface area (Å²) in [4.78, 5) is 13.5. The third kappa shape index (κ3) is 3.33. The smallest absolute Gasteiger partial charge is 0.256 e. The predicted molar refractivity (Wildman–Crippen MR) is 54.2 cm³/mol. The molecule has 1 amide bonds. The zero-order valence-electron chi connectivity index (χ0n) is 7.81. The van der Waals surface area contributed by atoms with Crippen LogP contribution in [0.3, 0.4) is 0 Å². The highest BCUT2D eigenvalue weighted by Crippen LogP contribution is 2.20. The summed E-state index contributed by atoms with van der Waals surface area (Å²) in [7, 11) is 2.02. The van der Waals surface area contributed by atoms with Gasteiger partial charge in [-0.3, -0.25) is 4.79 Å². The number of carbonyl (C=O) groups is 1. The summed E-state index contributed by atoms with van der Waals surface area (Å²) in [6.45, 7) is 3.35. The van der Waals surface area contributed by atoms with E-state index in [1.165, 1.54) is 6.92 Å². The van der Waals surface area contributed by atoms with Gasteiger partial charge in [0.25, 0.3) is 5.91 Å². The van der Waals surface area contributed by atoms with Crippen molar-refractivity contribution in [2.24, 2.45) is 0 Å². The molecule has 1 aliphatic heterocycles. The van der Waals surface area contributed by atoms with E-state index in [1.54, 1.807) is 0 Å². The fourth-order valence-corrected chi connectivity index (χ4v) is 1.47. The molecule has 3 nitrogen and oxygen atoms in total. The van der Waals surface area contributed by atoms with Crippen LogP contribution < -0.4 is 5.32 Å². The van der Waals surface area contributed by atoms with Crippen molar-refractivity contribution in [3.8, 4) is 0 Å². The Labute approximate surface area is 88.4 Å². The molecular formula is C8H14Cl2N2O. The molecule has 0 radical (unpaired) electrons. The van der Waals surface area contributed by atoms with Crippen molar-refractivity contribution >= 4 is 29.1 Å². The summed E-state index contributed by atoms with van der Waals surface area (Å²) in [5.41, 5.74) is 0. The maximum absolute atomic E-state index is 11.3. The lowest BCUT2D eigenvalue weighted by Crippen LogP contribution is -2.43. The van der Waals surface area contributed by atoms with Gasteiger partial charge in [0.2, 0.25) is 0 Å². The number of nitrogens with zero attached hydrogens (tertiary/aromatic N) is 1. The molecule has 1 atom stereocenters. The Morgan fingerprint density at radius 3 is 2.62 bits per heavy atom. The van der Waals surface area contributed by atoms with E-state index in [1.807, 2.05) is 7.05 Å². The molecule has 1 aliphatic rings. The number of halogens is 2. The standard InChI is InChI=1S/C8H14Cl2N2O/c1-8(9,10)7(13)11-6-3-4-12(2)5-6/h6H,3-5H2,1-2H3,(H,11,13). The van der Waals surface area contributed by atoms with Gasteiger partial charge in [-0.2, -0.15) is 0 Å². The van der Waals surface area contributed by atoms with Gasteiger partial charge in [-0.1, -0.05) is 23.2 Å². The largest absolute Gasteiger partial charge is 0.349 e. The van der Waals surface area contributed by atoms with E-state index in [2.05, 4.69) is 10.2 Å². The van der Waals surface area contributed by atoms with Gasteiger partial charge in [0.05, 0.1) is 0 Å². The van der Waals surface area contributed by atoms with Crippen LogP contribution in [0.15, 0.2) is 0 Å². The first kappa shape index (κ1) is 11.1. The van der Waals surface area contributed by atoms with Gasteiger partial charge < -0.3 is 10.2 Å². The molecule has 1 rings (SSSR count). The number of likely N-dealkylation sites (N-methyl/N-ethyl adjacent to an activating group) is 1. The van der Waals surface area contributed by atoms with Crippen molar-refractivity contribution in [2.45, 2.75) is 23.7 Å². The maximum atomic E-state index is 11.3. The summed E-state index contributed by atoms with van der Waals surface area (Å²) in [6.07, 6.45) is 0.964. The number of carbonyl (C=O) groups excluding carboxylic acids is 1. The Hall–Kier alpha value is 0.01000. The minimum atomic E-state index is -1.32. The molecule has 0 spiro atoms. The van der Waals surface area contributed by atoms with Gasteiger partial charge in [-0.15, -0.1) is 0 Å². The molecule has 1 saturated heterocycles. The number of hydrogen-bond acceptors (Lipinski definition) is 2. The fraction of sp³-hybridized carbons (Fsp3) is 0.875. The van der Waals surface area contributed by atoms with Gasteiger partial charge >= 0.3 is 0 Å². The van der Waals surface area contributed by atoms with Crippen LogP contribution >= 0.6 is 23.2 Å². The zero-order chi connectivity index (χ0) is 10.1. The van der Waals surface area contributed by atoms with Crippen molar-refractivity contribution in [1.29, 1.82) is 0 Å². The van der Waals surface area contributed by atoms with E-state index in [4.69, 9.17) is 23.2 Å². The minimum Gasteiger partial charge on any atom is -0.349 e. The van der Waals surface area contributed by atoms with Crippen LogP contribution in [0.4, 0.5) is 0 Å². The predicted octanol–water partition coefficient (Wildman–Crippen LogP) is 1.00. The van der Waals surface area contributed by atoms with E-state index < -0.39 is 4.33 Å². The first-order valence-electron chi connectivity index (χ1n) is 4.27. The van der Waals surface area contributed by atoms with Crippen LogP contribution in [0.1, 0.15) is 13.3 Å². The number of likely N-dealkylation sites (tertiary alicyclic amines) is 1. The van der Waals surface area contributed by atoms with E-state index in [-0.39, 0.29) is 11.9 Å². The second-order valence-electron chi connectivity index (χ2n) is 3.61. The summed E-state index contributed by atoms with van der Waals surface area (Å²) in [5.74, 6) is -0.309.